The molecule has 0 saturated heterocycles. The van der Waals surface area contributed by atoms with Crippen LogP contribution in [0.15, 0.2) is 36.4 Å². The minimum Gasteiger partial charge on any atom is -0.494 e. The Morgan fingerprint density at radius 1 is 1.05 bits per heavy atom. The van der Waals surface area contributed by atoms with Crippen molar-refractivity contribution in [1.29, 1.82) is 0 Å². The molecule has 2 rings (SSSR count). The van der Waals surface area contributed by atoms with Crippen LogP contribution in [0.1, 0.15) is 26.2 Å². The van der Waals surface area contributed by atoms with Gasteiger partial charge in [0.1, 0.15) is 11.5 Å². The molecule has 0 saturated carbocycles. The van der Waals surface area contributed by atoms with Crippen LogP contribution in [0.2, 0.25) is 0 Å². The Bertz CT molecular complexity index is 592. The van der Waals surface area contributed by atoms with Crippen LogP contribution in [0.3, 0.4) is 0 Å². The Labute approximate surface area is 117 Å². The number of hydrogen-bond donors (Lipinski definition) is 1. The highest BCUT2D eigenvalue weighted by molar-refractivity contribution is 5.85. The quantitative estimate of drug-likeness (QED) is 0.480. The number of carbonyl (C=O) groups is 1. The van der Waals surface area contributed by atoms with Crippen molar-refractivity contribution in [2.75, 3.05) is 6.61 Å². The molecule has 0 aliphatic heterocycles. The van der Waals surface area contributed by atoms with E-state index in [0.717, 1.165) is 35.8 Å². The van der Waals surface area contributed by atoms with Gasteiger partial charge in [0.25, 0.3) is 0 Å². The number of ether oxygens (including phenoxy) is 2. The Balaban J connectivity index is 2.12. The van der Waals surface area contributed by atoms with Crippen molar-refractivity contribution >= 4 is 16.9 Å². The average Bonchev–Trinajstić information content (AvgIpc) is 2.42. The van der Waals surface area contributed by atoms with Gasteiger partial charge in [0.2, 0.25) is 0 Å². The van der Waals surface area contributed by atoms with Gasteiger partial charge in [-0.1, -0.05) is 31.9 Å². The molecule has 20 heavy (non-hydrogen) atoms. The first-order valence-corrected chi connectivity index (χ1v) is 6.76. The number of rotatable bonds is 6. The summed E-state index contributed by atoms with van der Waals surface area (Å²) in [5.74, 6) is 1.11. The van der Waals surface area contributed by atoms with E-state index >= 15 is 0 Å². The third kappa shape index (κ3) is 3.88. The van der Waals surface area contributed by atoms with Crippen LogP contribution in [0, 0.1) is 0 Å². The third-order valence-corrected chi connectivity index (χ3v) is 3.00. The molecule has 0 heterocycles. The van der Waals surface area contributed by atoms with E-state index in [4.69, 9.17) is 9.84 Å². The second-order valence-corrected chi connectivity index (χ2v) is 4.59. The predicted molar refractivity (Wildman–Crippen MR) is 77.6 cm³/mol. The predicted octanol–water partition coefficient (Wildman–Crippen LogP) is 4.47. The smallest absolute Gasteiger partial charge is 0.494 e. The van der Waals surface area contributed by atoms with Gasteiger partial charge >= 0.3 is 6.16 Å². The molecule has 0 unspecified atom stereocenters. The van der Waals surface area contributed by atoms with Crippen LogP contribution in [-0.4, -0.2) is 17.9 Å². The largest absolute Gasteiger partial charge is 0.511 e. The van der Waals surface area contributed by atoms with Crippen molar-refractivity contribution in [3.63, 3.8) is 0 Å². The van der Waals surface area contributed by atoms with Crippen LogP contribution >= 0.6 is 0 Å². The SMILES string of the molecule is CCCCCOc1ccc2ccc(OC(=O)O)cc2c1. The minimum absolute atomic E-state index is 0.313. The van der Waals surface area contributed by atoms with Crippen LogP contribution < -0.4 is 9.47 Å². The van der Waals surface area contributed by atoms with Gasteiger partial charge in [0.15, 0.2) is 0 Å². The van der Waals surface area contributed by atoms with Crippen molar-refractivity contribution in [3.05, 3.63) is 36.4 Å². The average molecular weight is 274 g/mol. The summed E-state index contributed by atoms with van der Waals surface area (Å²) < 4.78 is 10.3. The van der Waals surface area contributed by atoms with E-state index in [9.17, 15) is 4.79 Å². The fourth-order valence-corrected chi connectivity index (χ4v) is 2.00. The summed E-state index contributed by atoms with van der Waals surface area (Å²) in [6.45, 7) is 2.85. The van der Waals surface area contributed by atoms with Crippen LogP contribution in [0.5, 0.6) is 11.5 Å². The highest BCUT2D eigenvalue weighted by atomic mass is 16.7. The van der Waals surface area contributed by atoms with Crippen molar-refractivity contribution in [3.8, 4) is 11.5 Å². The molecular weight excluding hydrogens is 256 g/mol. The van der Waals surface area contributed by atoms with Gasteiger partial charge in [-0.3, -0.25) is 0 Å². The van der Waals surface area contributed by atoms with Gasteiger partial charge in [0.05, 0.1) is 6.61 Å². The minimum atomic E-state index is -1.31. The summed E-state index contributed by atoms with van der Waals surface area (Å²) in [7, 11) is 0. The van der Waals surface area contributed by atoms with E-state index in [1.807, 2.05) is 24.3 Å². The molecule has 0 radical (unpaired) electrons. The lowest BCUT2D eigenvalue weighted by Crippen LogP contribution is -2.02. The zero-order chi connectivity index (χ0) is 14.4. The molecule has 0 bridgehead atoms. The first-order chi connectivity index (χ1) is 9.69. The molecule has 2 aromatic rings. The molecule has 0 spiro atoms. The highest BCUT2D eigenvalue weighted by Crippen LogP contribution is 2.25. The first-order valence-electron chi connectivity index (χ1n) is 6.76. The highest BCUT2D eigenvalue weighted by Gasteiger charge is 2.03. The number of unbranched alkanes of at least 4 members (excludes halogenated alkanes) is 2. The zero-order valence-corrected chi connectivity index (χ0v) is 11.5. The maximum Gasteiger partial charge on any atom is 0.511 e. The lowest BCUT2D eigenvalue weighted by Gasteiger charge is -2.08. The summed E-state index contributed by atoms with van der Waals surface area (Å²) in [5.41, 5.74) is 0. The lowest BCUT2D eigenvalue weighted by atomic mass is 10.1. The van der Waals surface area contributed by atoms with Crippen molar-refractivity contribution in [1.82, 2.24) is 0 Å². The van der Waals surface area contributed by atoms with E-state index in [1.165, 1.54) is 0 Å². The summed E-state index contributed by atoms with van der Waals surface area (Å²) in [5, 5.41) is 10.5. The number of hydrogen-bond acceptors (Lipinski definition) is 3. The van der Waals surface area contributed by atoms with Crippen LogP contribution in [0.25, 0.3) is 10.8 Å². The molecule has 4 nitrogen and oxygen atoms in total. The Morgan fingerprint density at radius 2 is 1.75 bits per heavy atom. The van der Waals surface area contributed by atoms with E-state index in [2.05, 4.69) is 11.7 Å². The van der Waals surface area contributed by atoms with Gasteiger partial charge in [-0.25, -0.2) is 4.79 Å². The first kappa shape index (κ1) is 14.2. The van der Waals surface area contributed by atoms with Gasteiger partial charge in [-0.15, -0.1) is 0 Å². The maximum atomic E-state index is 10.5. The molecule has 2 aromatic carbocycles. The number of carboxylic acid groups (broad SMARTS) is 1. The van der Waals surface area contributed by atoms with Crippen molar-refractivity contribution in [2.45, 2.75) is 26.2 Å². The fraction of sp³-hybridized carbons (Fsp3) is 0.312. The zero-order valence-electron chi connectivity index (χ0n) is 11.5. The van der Waals surface area contributed by atoms with E-state index < -0.39 is 6.16 Å². The number of benzene rings is 2. The van der Waals surface area contributed by atoms with Crippen molar-refractivity contribution < 1.29 is 19.4 Å². The molecule has 0 fully saturated rings. The summed E-state index contributed by atoms with van der Waals surface area (Å²) >= 11 is 0. The summed E-state index contributed by atoms with van der Waals surface area (Å²) in [4.78, 5) is 10.5. The standard InChI is InChI=1S/C16H18O4/c1-2-3-4-9-19-14-7-5-12-6-8-15(20-16(17)18)11-13(12)10-14/h5-8,10-11H,2-4,9H2,1H3,(H,17,18). The second kappa shape index (κ2) is 6.80. The fourth-order valence-electron chi connectivity index (χ4n) is 2.00. The summed E-state index contributed by atoms with van der Waals surface area (Å²) in [6.07, 6.45) is 2.05. The van der Waals surface area contributed by atoms with Crippen LogP contribution in [-0.2, 0) is 0 Å². The van der Waals surface area contributed by atoms with E-state index in [0.29, 0.717) is 12.4 Å². The molecule has 0 aliphatic carbocycles. The van der Waals surface area contributed by atoms with E-state index in [-0.39, 0.29) is 0 Å². The van der Waals surface area contributed by atoms with Gasteiger partial charge < -0.3 is 14.6 Å². The normalized spacial score (nSPS) is 10.4. The Morgan fingerprint density at radius 3 is 2.45 bits per heavy atom. The summed E-state index contributed by atoms with van der Waals surface area (Å²) in [6, 6.07) is 10.9. The lowest BCUT2D eigenvalue weighted by molar-refractivity contribution is 0.144. The van der Waals surface area contributed by atoms with Crippen LogP contribution in [0.4, 0.5) is 4.79 Å². The molecule has 0 atom stereocenters. The molecule has 0 aliphatic rings. The molecule has 4 heteroatoms. The Hall–Kier alpha value is -2.23. The van der Waals surface area contributed by atoms with E-state index in [1.54, 1.807) is 12.1 Å². The van der Waals surface area contributed by atoms with Gasteiger partial charge in [-0.05, 0) is 41.5 Å². The Kier molecular flexibility index (Phi) is 4.82. The van der Waals surface area contributed by atoms with Gasteiger partial charge in [0, 0.05) is 0 Å². The second-order valence-electron chi connectivity index (χ2n) is 4.59. The molecule has 0 aromatic heterocycles. The van der Waals surface area contributed by atoms with Crippen molar-refractivity contribution in [2.24, 2.45) is 0 Å². The molecule has 1 N–H and O–H groups in total. The van der Waals surface area contributed by atoms with Gasteiger partial charge in [-0.2, -0.15) is 0 Å². The molecular formula is C16H18O4. The monoisotopic (exact) mass is 274 g/mol. The maximum absolute atomic E-state index is 10.5. The number of fused-ring (bicyclic) bond motifs is 1. The topological polar surface area (TPSA) is 55.8 Å². The molecule has 106 valence electrons. The molecule has 0 amide bonds. The third-order valence-electron chi connectivity index (χ3n) is 3.00.